The number of nitrogens with two attached hydrogens (primary N) is 2. The maximum Gasteiger partial charge on any atom is 0.490 e. The first-order chi connectivity index (χ1) is 29.2. The van der Waals surface area contributed by atoms with Gasteiger partial charge in [-0.15, -0.1) is 0 Å². The molecule has 338 valence electrons. The van der Waals surface area contributed by atoms with Crippen LogP contribution in [0.3, 0.4) is 0 Å². The molecule has 0 aliphatic carbocycles. The van der Waals surface area contributed by atoms with Crippen LogP contribution in [0.5, 0.6) is 5.75 Å². The number of methoxy groups -OCH3 is 1. The third-order valence-electron chi connectivity index (χ3n) is 9.24. The van der Waals surface area contributed by atoms with Gasteiger partial charge in [0.2, 0.25) is 17.7 Å². The van der Waals surface area contributed by atoms with Crippen molar-refractivity contribution < 1.29 is 84.9 Å². The molecule has 2 aliphatic heterocycles. The molecule has 1 aromatic carbocycles. The molecule has 12 N–H and O–H groups in total. The number of fused-ring (bicyclic) bond motifs is 2. The SMILES string of the molecule is CO[C@@H]1[C@H](O)[C@@H](COP(=O)(O)OP(=O)(O)OP(=O)(O)OC[C@H]2O[C@@H](n3cnc4c(=O)[nH]c(N)nc43)[C@H](O)[C@@H]2O)O[C@H]1[n+]1cn(CCOc2ccc(Cl)cc2)c2c(=O)[nH]c(N)nc21. The number of phosphoric acid groups is 3. The summed E-state index contributed by atoms with van der Waals surface area (Å²) in [5.74, 6) is -0.0909. The standard InChI is InChI=1S/C29H36ClN10O19P3/c1-52-21-19(42)15(57-27(21)40-11-38(17-23(40)35-29(32)37-25(17)45)6-7-53-13-4-2-12(30)3-5-13)9-55-61(48,49)59-62(50,51)58-60(46,47)54-8-14-18(41)20(43)26(56-14)39-10-33-16-22(39)34-28(31)36-24(16)44/h2-5,10-11,14-15,18-21,26-27,41-43H,6-9H2,1H3,(H8-,31,32,34,35,36,37,44,45,46,47,48,49,50,51)/p+1/t14-,15-,18-,19-,20-,21-,26-,27-/m1/s1. The maximum atomic E-state index is 13.0. The van der Waals surface area contributed by atoms with Gasteiger partial charge in [0.05, 0.1) is 19.5 Å². The van der Waals surface area contributed by atoms with Gasteiger partial charge < -0.3 is 60.4 Å². The van der Waals surface area contributed by atoms with Crippen molar-refractivity contribution in [1.82, 2.24) is 34.1 Å². The Labute approximate surface area is 350 Å². The number of aliphatic hydroxyl groups excluding tert-OH is 3. The van der Waals surface area contributed by atoms with Crippen molar-refractivity contribution >= 4 is 69.3 Å². The smallest absolute Gasteiger partial charge is 0.490 e. The zero-order valence-electron chi connectivity index (χ0n) is 31.5. The van der Waals surface area contributed by atoms with Gasteiger partial charge in [-0.1, -0.05) is 16.6 Å². The Kier molecular flexibility index (Phi) is 13.1. The fourth-order valence-electron chi connectivity index (χ4n) is 6.54. The summed E-state index contributed by atoms with van der Waals surface area (Å²) in [6.45, 7) is -1.99. The van der Waals surface area contributed by atoms with Crippen molar-refractivity contribution in [3.05, 3.63) is 62.7 Å². The van der Waals surface area contributed by atoms with Crippen LogP contribution >= 0.6 is 35.1 Å². The predicted molar refractivity (Wildman–Crippen MR) is 205 cm³/mol. The number of benzene rings is 1. The number of aliphatic hydroxyl groups is 3. The number of imidazole rings is 2. The normalized spacial score (nSPS) is 27.0. The van der Waals surface area contributed by atoms with Crippen molar-refractivity contribution in [2.24, 2.45) is 0 Å². The van der Waals surface area contributed by atoms with Gasteiger partial charge in [0.25, 0.3) is 17.1 Å². The first-order valence-electron chi connectivity index (χ1n) is 17.6. The van der Waals surface area contributed by atoms with E-state index in [2.05, 4.69) is 38.1 Å². The Hall–Kier alpha value is -4.22. The summed E-state index contributed by atoms with van der Waals surface area (Å²) in [5.41, 5.74) is 9.66. The minimum Gasteiger partial charge on any atom is -0.490 e. The van der Waals surface area contributed by atoms with Gasteiger partial charge in [-0.3, -0.25) is 37.7 Å². The molecule has 11 atom stereocenters. The van der Waals surface area contributed by atoms with Gasteiger partial charge >= 0.3 is 29.1 Å². The van der Waals surface area contributed by atoms with Crippen LogP contribution in [0.15, 0.2) is 46.5 Å². The maximum absolute atomic E-state index is 13.0. The molecule has 4 aromatic heterocycles. The van der Waals surface area contributed by atoms with Crippen molar-refractivity contribution in [3.63, 3.8) is 0 Å². The first-order valence-corrected chi connectivity index (χ1v) is 22.5. The van der Waals surface area contributed by atoms with Crippen LogP contribution in [0.4, 0.5) is 11.9 Å². The number of rotatable bonds is 17. The van der Waals surface area contributed by atoms with Gasteiger partial charge in [0.1, 0.15) is 55.5 Å². The zero-order valence-corrected chi connectivity index (χ0v) is 34.9. The second kappa shape index (κ2) is 17.7. The van der Waals surface area contributed by atoms with E-state index in [1.165, 1.54) is 22.6 Å². The molecule has 2 fully saturated rings. The van der Waals surface area contributed by atoms with Crippen molar-refractivity contribution in [2.45, 2.75) is 55.6 Å². The highest BCUT2D eigenvalue weighted by atomic mass is 35.5. The lowest BCUT2D eigenvalue weighted by atomic mass is 10.1. The Morgan fingerprint density at radius 3 is 2.13 bits per heavy atom. The van der Waals surface area contributed by atoms with E-state index in [9.17, 15) is 53.3 Å². The molecule has 6 heterocycles. The van der Waals surface area contributed by atoms with E-state index >= 15 is 0 Å². The third kappa shape index (κ3) is 9.79. The molecule has 3 unspecified atom stereocenters. The first kappa shape index (κ1) is 45.8. The number of hydrogen-bond donors (Lipinski definition) is 10. The number of nitrogen functional groups attached to an aromatic ring is 2. The molecule has 33 heteroatoms. The van der Waals surface area contributed by atoms with Crippen LogP contribution < -0.4 is 31.9 Å². The molecule has 0 saturated carbocycles. The number of nitrogens with zero attached hydrogens (tertiary/aromatic N) is 6. The Balaban J connectivity index is 0.966. The van der Waals surface area contributed by atoms with Crippen molar-refractivity contribution in [2.75, 3.05) is 38.4 Å². The number of halogens is 1. The summed E-state index contributed by atoms with van der Waals surface area (Å²) < 4.78 is 82.1. The Morgan fingerprint density at radius 1 is 0.871 bits per heavy atom. The number of nitrogens with one attached hydrogen (secondary N) is 2. The van der Waals surface area contributed by atoms with E-state index in [0.29, 0.717) is 10.8 Å². The highest BCUT2D eigenvalue weighted by molar-refractivity contribution is 7.66. The fourth-order valence-corrected chi connectivity index (χ4v) is 10.2. The zero-order chi connectivity index (χ0) is 44.9. The van der Waals surface area contributed by atoms with Crippen molar-refractivity contribution in [3.8, 4) is 5.75 Å². The van der Waals surface area contributed by atoms with Crippen LogP contribution in [0.1, 0.15) is 12.5 Å². The molecule has 5 aromatic rings. The van der Waals surface area contributed by atoms with Crippen molar-refractivity contribution in [1.29, 1.82) is 0 Å². The number of H-pyrrole nitrogens is 2. The van der Waals surface area contributed by atoms with Gasteiger partial charge in [-0.25, -0.2) is 23.2 Å². The van der Waals surface area contributed by atoms with Crippen LogP contribution in [-0.2, 0) is 52.1 Å². The highest BCUT2D eigenvalue weighted by Gasteiger charge is 2.51. The van der Waals surface area contributed by atoms with Gasteiger partial charge in [0.15, 0.2) is 23.7 Å². The molecule has 29 nitrogen and oxygen atoms in total. The molecule has 0 radical (unpaired) electrons. The van der Waals surface area contributed by atoms with E-state index in [0.717, 1.165) is 10.9 Å². The average molecular weight is 958 g/mol. The number of hydrogen-bond acceptors (Lipinski definition) is 21. The molecular formula is C29H37ClN10O19P3+. The van der Waals surface area contributed by atoms with Gasteiger partial charge in [0, 0.05) is 12.1 Å². The number of ether oxygens (including phenoxy) is 4. The molecular weight excluding hydrogens is 921 g/mol. The second-order valence-corrected chi connectivity index (χ2v) is 18.5. The van der Waals surface area contributed by atoms with Gasteiger partial charge in [-0.2, -0.15) is 13.6 Å². The quantitative estimate of drug-likeness (QED) is 0.0367. The molecule has 62 heavy (non-hydrogen) atoms. The van der Waals surface area contributed by atoms with Crippen LogP contribution in [0, 0.1) is 0 Å². The number of anilines is 2. The monoisotopic (exact) mass is 957 g/mol. The Morgan fingerprint density at radius 2 is 1.48 bits per heavy atom. The fraction of sp³-hybridized carbons (Fsp3) is 0.448. The molecule has 2 saturated heterocycles. The topological polar surface area (TPSA) is 417 Å². The molecule has 0 bridgehead atoms. The lowest BCUT2D eigenvalue weighted by molar-refractivity contribution is -0.746. The lowest BCUT2D eigenvalue weighted by Crippen LogP contribution is -2.47. The summed E-state index contributed by atoms with van der Waals surface area (Å²) in [6, 6.07) is 6.54. The van der Waals surface area contributed by atoms with E-state index in [4.69, 9.17) is 46.5 Å². The van der Waals surface area contributed by atoms with E-state index < -0.39 is 96.9 Å². The summed E-state index contributed by atoms with van der Waals surface area (Å²) >= 11 is 5.93. The van der Waals surface area contributed by atoms with E-state index in [1.807, 2.05) is 0 Å². The second-order valence-electron chi connectivity index (χ2n) is 13.4. The average Bonchev–Trinajstić information content (AvgIpc) is 3.92. The van der Waals surface area contributed by atoms with Gasteiger partial charge in [-0.05, 0) is 24.3 Å². The number of phosphoric ester groups is 2. The number of aromatic amines is 2. The number of aromatic nitrogens is 8. The van der Waals surface area contributed by atoms with E-state index in [-0.39, 0.29) is 47.4 Å². The molecule has 0 amide bonds. The summed E-state index contributed by atoms with van der Waals surface area (Å²) in [5, 5.41) is 32.7. The third-order valence-corrected chi connectivity index (χ3v) is 13.7. The molecule has 2 aliphatic rings. The Bertz CT molecular complexity index is 2720. The summed E-state index contributed by atoms with van der Waals surface area (Å²) in [7, 11) is -16.3. The van der Waals surface area contributed by atoms with Crippen LogP contribution in [-0.4, -0.2) is 128 Å². The highest BCUT2D eigenvalue weighted by Crippen LogP contribution is 2.68. The molecule has 7 rings (SSSR count). The minimum atomic E-state index is -6.03. The predicted octanol–water partition coefficient (Wildman–Crippen LogP) is -1.70. The lowest BCUT2D eigenvalue weighted by Gasteiger charge is -2.21. The van der Waals surface area contributed by atoms with Crippen LogP contribution in [0.2, 0.25) is 5.02 Å². The minimum absolute atomic E-state index is 0.0166. The molecule has 0 spiro atoms. The van der Waals surface area contributed by atoms with E-state index in [1.54, 1.807) is 24.3 Å². The largest absolute Gasteiger partial charge is 0.490 e. The van der Waals surface area contributed by atoms with Crippen LogP contribution in [0.25, 0.3) is 22.3 Å². The summed E-state index contributed by atoms with van der Waals surface area (Å²) in [4.78, 5) is 72.3. The summed E-state index contributed by atoms with van der Waals surface area (Å²) in [6.07, 6.45) is -10.0.